The Morgan fingerprint density at radius 1 is 0.833 bits per heavy atom. The number of hydrogen-bond acceptors (Lipinski definition) is 5. The number of benzene rings is 3. The first-order chi connectivity index (χ1) is 14.1. The fraction of sp³-hybridized carbons (Fsp3) is 0.0526. The molecule has 6 nitrogen and oxygen atoms in total. The van der Waals surface area contributed by atoms with Crippen LogP contribution in [0.4, 0.5) is 18.9 Å². The third-order valence-corrected chi connectivity index (χ3v) is 11.2. The van der Waals surface area contributed by atoms with Crippen LogP contribution in [0.2, 0.25) is 0 Å². The van der Waals surface area contributed by atoms with Crippen molar-refractivity contribution >= 4 is 36.0 Å². The van der Waals surface area contributed by atoms with Crippen molar-refractivity contribution in [2.24, 2.45) is 0 Å². The Hall–Kier alpha value is -2.51. The average Bonchev–Trinajstić information content (AvgIpc) is 2.72. The Labute approximate surface area is 177 Å². The number of rotatable bonds is 6. The van der Waals surface area contributed by atoms with Crippen LogP contribution in [0.1, 0.15) is 5.56 Å². The normalized spacial score (nSPS) is 12.4. The van der Waals surface area contributed by atoms with Crippen molar-refractivity contribution in [3.63, 3.8) is 0 Å². The van der Waals surface area contributed by atoms with E-state index in [1.54, 1.807) is 30.3 Å². The summed E-state index contributed by atoms with van der Waals surface area (Å²) in [5, 5.41) is 10.9. The van der Waals surface area contributed by atoms with E-state index < -0.39 is 51.9 Å². The third kappa shape index (κ3) is 4.96. The monoisotopic (exact) mass is 551 g/mol. The molecule has 0 aliphatic rings. The maximum absolute atomic E-state index is 13.3. The molecule has 11 heteroatoms. The van der Waals surface area contributed by atoms with Gasteiger partial charge in [0.05, 0.1) is 0 Å². The summed E-state index contributed by atoms with van der Waals surface area (Å²) in [6.45, 7) is 0. The quantitative estimate of drug-likeness (QED) is 0.230. The van der Waals surface area contributed by atoms with E-state index in [0.29, 0.717) is 13.2 Å². The molecule has 0 amide bonds. The third-order valence-electron chi connectivity index (χ3n) is 3.77. The number of nitro groups is 1. The van der Waals surface area contributed by atoms with Crippen LogP contribution in [-0.4, -0.2) is 13.3 Å². The molecule has 0 radical (unpaired) electrons. The van der Waals surface area contributed by atoms with Gasteiger partial charge in [0.2, 0.25) is 0 Å². The van der Waals surface area contributed by atoms with Crippen LogP contribution in [0.25, 0.3) is 0 Å². The topological polar surface area (TPSA) is 86.5 Å². The second-order valence-corrected chi connectivity index (χ2v) is 12.3. The van der Waals surface area contributed by atoms with Gasteiger partial charge in [-0.2, -0.15) is 0 Å². The van der Waals surface area contributed by atoms with Crippen molar-refractivity contribution in [2.45, 2.75) is 11.1 Å². The van der Waals surface area contributed by atoms with E-state index in [2.05, 4.69) is 0 Å². The molecule has 0 atom stereocenters. The predicted octanol–water partition coefficient (Wildman–Crippen LogP) is 5.48. The van der Waals surface area contributed by atoms with Gasteiger partial charge in [-0.3, -0.25) is 0 Å². The molecule has 158 valence electrons. The number of nitro benzene ring substituents is 1. The Balaban J connectivity index is 2.07. The summed E-state index contributed by atoms with van der Waals surface area (Å²) in [4.78, 5) is 9.30. The SMILES string of the molecule is O=[N+]([O-])c1ccc(I(OS(=O)(=O)c2ccccc2C(F)(F)F)c2ccccc2)cc1. The molecule has 30 heavy (non-hydrogen) atoms. The molecule has 0 fully saturated rings. The molecule has 0 unspecified atom stereocenters. The molecule has 3 rings (SSSR count). The molecule has 0 spiro atoms. The van der Waals surface area contributed by atoms with Crippen LogP contribution in [0, 0.1) is 17.3 Å². The molecule has 0 bridgehead atoms. The molecule has 0 aliphatic heterocycles. The van der Waals surface area contributed by atoms with E-state index in [-0.39, 0.29) is 5.69 Å². The molecule has 3 aromatic carbocycles. The van der Waals surface area contributed by atoms with E-state index >= 15 is 0 Å². The second kappa shape index (κ2) is 8.70. The van der Waals surface area contributed by atoms with Gasteiger partial charge in [-0.1, -0.05) is 0 Å². The zero-order valence-electron chi connectivity index (χ0n) is 14.9. The van der Waals surface area contributed by atoms with Crippen molar-refractivity contribution < 1.29 is 29.0 Å². The Kier molecular flexibility index (Phi) is 6.43. The van der Waals surface area contributed by atoms with Crippen molar-refractivity contribution in [3.05, 3.63) is 102 Å². The predicted molar refractivity (Wildman–Crippen MR) is 111 cm³/mol. The molecule has 0 aromatic heterocycles. The maximum atomic E-state index is 13.3. The molecule has 0 N–H and O–H groups in total. The van der Waals surface area contributed by atoms with Crippen LogP contribution in [-0.2, 0) is 18.8 Å². The first kappa shape index (κ1) is 22.2. The number of alkyl halides is 3. The Bertz CT molecular complexity index is 1150. The van der Waals surface area contributed by atoms with Gasteiger partial charge in [0.25, 0.3) is 0 Å². The van der Waals surface area contributed by atoms with Crippen LogP contribution in [0.3, 0.4) is 0 Å². The van der Waals surface area contributed by atoms with Crippen molar-refractivity contribution in [1.29, 1.82) is 0 Å². The van der Waals surface area contributed by atoms with Gasteiger partial charge in [-0.25, -0.2) is 0 Å². The summed E-state index contributed by atoms with van der Waals surface area (Å²) in [6, 6.07) is 17.1. The number of non-ortho nitro benzene ring substituents is 1. The van der Waals surface area contributed by atoms with Gasteiger partial charge >= 0.3 is 178 Å². The summed E-state index contributed by atoms with van der Waals surface area (Å²) < 4.78 is 71.9. The van der Waals surface area contributed by atoms with Crippen LogP contribution in [0.15, 0.2) is 83.8 Å². The van der Waals surface area contributed by atoms with Crippen LogP contribution in [0.5, 0.6) is 0 Å². The summed E-state index contributed by atoms with van der Waals surface area (Å²) in [5.74, 6) is 0. The van der Waals surface area contributed by atoms with Crippen molar-refractivity contribution in [3.8, 4) is 0 Å². The Morgan fingerprint density at radius 3 is 1.93 bits per heavy atom. The second-order valence-electron chi connectivity index (χ2n) is 5.79. The first-order valence-corrected chi connectivity index (χ1v) is 12.6. The summed E-state index contributed by atoms with van der Waals surface area (Å²) in [7, 11) is -4.78. The van der Waals surface area contributed by atoms with Gasteiger partial charge in [-0.15, -0.1) is 0 Å². The van der Waals surface area contributed by atoms with Crippen LogP contribution >= 0.6 is 20.2 Å². The first-order valence-electron chi connectivity index (χ1n) is 8.20. The number of hydrogen-bond donors (Lipinski definition) is 0. The molecule has 0 saturated carbocycles. The van der Waals surface area contributed by atoms with Gasteiger partial charge in [-0.05, 0) is 0 Å². The number of halogens is 4. The average molecular weight is 551 g/mol. The van der Waals surface area contributed by atoms with Gasteiger partial charge in [0.1, 0.15) is 0 Å². The fourth-order valence-corrected chi connectivity index (χ4v) is 9.57. The Morgan fingerprint density at radius 2 is 1.37 bits per heavy atom. The molecule has 0 saturated heterocycles. The molecule has 3 aromatic rings. The summed E-state index contributed by atoms with van der Waals surface area (Å²) in [5.41, 5.74) is -1.52. The van der Waals surface area contributed by atoms with Crippen molar-refractivity contribution in [1.82, 2.24) is 0 Å². The van der Waals surface area contributed by atoms with E-state index in [9.17, 15) is 31.7 Å². The van der Waals surface area contributed by atoms with E-state index in [0.717, 1.165) is 12.1 Å². The molecule has 0 heterocycles. The molecular weight excluding hydrogens is 538 g/mol. The van der Waals surface area contributed by atoms with Crippen molar-refractivity contribution in [2.75, 3.05) is 0 Å². The van der Waals surface area contributed by atoms with Crippen LogP contribution < -0.4 is 0 Å². The van der Waals surface area contributed by atoms with E-state index in [1.807, 2.05) is 0 Å². The fourth-order valence-electron chi connectivity index (χ4n) is 2.44. The minimum atomic E-state index is -4.88. The standard InChI is InChI=1S/C19H13F3INO5S/c20-19(21,22)17-8-4-5-9-18(17)30(27,28)29-23(14-6-2-1-3-7-14)15-10-12-16(13-11-15)24(25)26/h1-13H. The van der Waals surface area contributed by atoms with Gasteiger partial charge in [0.15, 0.2) is 0 Å². The van der Waals surface area contributed by atoms with Gasteiger partial charge in [0, 0.05) is 0 Å². The van der Waals surface area contributed by atoms with Gasteiger partial charge < -0.3 is 0 Å². The van der Waals surface area contributed by atoms with E-state index in [4.69, 9.17) is 2.51 Å². The molecule has 0 aliphatic carbocycles. The number of nitrogens with zero attached hydrogens (tertiary/aromatic N) is 1. The zero-order chi connectivity index (χ0) is 21.9. The minimum absolute atomic E-state index is 0.201. The molecular formula is C19H13F3INO5S. The summed E-state index contributed by atoms with van der Waals surface area (Å²) in [6.07, 6.45) is -4.88. The zero-order valence-corrected chi connectivity index (χ0v) is 17.9. The van der Waals surface area contributed by atoms with E-state index in [1.165, 1.54) is 30.3 Å². The summed E-state index contributed by atoms with van der Waals surface area (Å²) >= 11 is -3.27.